The van der Waals surface area contributed by atoms with Gasteiger partial charge in [0, 0.05) is 5.56 Å². The third-order valence-electron chi connectivity index (χ3n) is 3.17. The fourth-order valence-corrected chi connectivity index (χ4v) is 2.84. The Hall–Kier alpha value is -1.52. The highest BCUT2D eigenvalue weighted by Gasteiger charge is 2.20. The predicted octanol–water partition coefficient (Wildman–Crippen LogP) is 3.86. The molecule has 0 aliphatic heterocycles. The lowest BCUT2D eigenvalue weighted by atomic mass is 9.99. The smallest absolute Gasteiger partial charge is 0.142 e. The molecule has 2 aromatic carbocycles. The SMILES string of the molecule is COc1ccc(C(O)c2cccc(C)c2)c(OC)c1Br. The molecule has 0 aliphatic carbocycles. The maximum Gasteiger partial charge on any atom is 0.142 e. The summed E-state index contributed by atoms with van der Waals surface area (Å²) in [5, 5.41) is 10.6. The van der Waals surface area contributed by atoms with Crippen LogP contribution in [0.2, 0.25) is 0 Å². The van der Waals surface area contributed by atoms with Crippen LogP contribution in [-0.2, 0) is 0 Å². The highest BCUT2D eigenvalue weighted by molar-refractivity contribution is 9.10. The van der Waals surface area contributed by atoms with Gasteiger partial charge in [-0.15, -0.1) is 0 Å². The minimum atomic E-state index is -0.743. The van der Waals surface area contributed by atoms with Crippen LogP contribution in [0, 0.1) is 6.92 Å². The van der Waals surface area contributed by atoms with E-state index in [0.717, 1.165) is 11.1 Å². The van der Waals surface area contributed by atoms with Gasteiger partial charge >= 0.3 is 0 Å². The summed E-state index contributed by atoms with van der Waals surface area (Å²) < 4.78 is 11.3. The molecule has 0 saturated heterocycles. The first-order chi connectivity index (χ1) is 9.58. The normalized spacial score (nSPS) is 12.1. The zero-order valence-corrected chi connectivity index (χ0v) is 13.3. The van der Waals surface area contributed by atoms with E-state index in [9.17, 15) is 5.11 Å². The van der Waals surface area contributed by atoms with Crippen LogP contribution >= 0.6 is 15.9 Å². The van der Waals surface area contributed by atoms with Crippen LogP contribution in [-0.4, -0.2) is 19.3 Å². The van der Waals surface area contributed by atoms with Crippen molar-refractivity contribution in [1.82, 2.24) is 0 Å². The number of aryl methyl sites for hydroxylation is 1. The number of hydrogen-bond donors (Lipinski definition) is 1. The number of halogens is 1. The van der Waals surface area contributed by atoms with Crippen LogP contribution in [0.5, 0.6) is 11.5 Å². The molecule has 20 heavy (non-hydrogen) atoms. The second kappa shape index (κ2) is 6.29. The van der Waals surface area contributed by atoms with Crippen molar-refractivity contribution in [3.8, 4) is 11.5 Å². The Morgan fingerprint density at radius 2 is 1.85 bits per heavy atom. The molecule has 0 heterocycles. The summed E-state index contributed by atoms with van der Waals surface area (Å²) in [4.78, 5) is 0. The number of ether oxygens (including phenoxy) is 2. The first kappa shape index (κ1) is 14.9. The van der Waals surface area contributed by atoms with Gasteiger partial charge in [0.25, 0.3) is 0 Å². The van der Waals surface area contributed by atoms with E-state index in [1.165, 1.54) is 0 Å². The molecule has 0 saturated carbocycles. The Labute approximate surface area is 127 Å². The minimum Gasteiger partial charge on any atom is -0.495 e. The molecule has 0 aromatic heterocycles. The molecule has 0 radical (unpaired) electrons. The Morgan fingerprint density at radius 1 is 1.10 bits per heavy atom. The summed E-state index contributed by atoms with van der Waals surface area (Å²) in [6.45, 7) is 2.00. The summed E-state index contributed by atoms with van der Waals surface area (Å²) in [5.74, 6) is 1.25. The first-order valence-corrected chi connectivity index (χ1v) is 7.02. The molecular weight excluding hydrogens is 320 g/mol. The van der Waals surface area contributed by atoms with Crippen molar-refractivity contribution in [3.05, 3.63) is 57.6 Å². The predicted molar refractivity (Wildman–Crippen MR) is 82.5 cm³/mol. The quantitative estimate of drug-likeness (QED) is 0.921. The number of methoxy groups -OCH3 is 2. The molecule has 1 unspecified atom stereocenters. The summed E-state index contributed by atoms with van der Waals surface area (Å²) in [6, 6.07) is 11.4. The molecule has 0 amide bonds. The molecular formula is C16H17BrO3. The molecule has 0 spiro atoms. The highest BCUT2D eigenvalue weighted by Crippen LogP contribution is 2.41. The number of aliphatic hydroxyl groups excluding tert-OH is 1. The lowest BCUT2D eigenvalue weighted by Crippen LogP contribution is -2.04. The van der Waals surface area contributed by atoms with Gasteiger partial charge in [-0.25, -0.2) is 0 Å². The molecule has 106 valence electrons. The van der Waals surface area contributed by atoms with E-state index in [1.807, 2.05) is 37.3 Å². The summed E-state index contributed by atoms with van der Waals surface area (Å²) >= 11 is 3.45. The monoisotopic (exact) mass is 336 g/mol. The van der Waals surface area contributed by atoms with Crippen molar-refractivity contribution < 1.29 is 14.6 Å². The van der Waals surface area contributed by atoms with E-state index in [1.54, 1.807) is 20.3 Å². The maximum absolute atomic E-state index is 10.6. The van der Waals surface area contributed by atoms with Gasteiger partial charge in [-0.1, -0.05) is 29.8 Å². The van der Waals surface area contributed by atoms with Gasteiger partial charge in [0.1, 0.15) is 22.1 Å². The third kappa shape index (κ3) is 2.81. The molecule has 4 heteroatoms. The number of aliphatic hydroxyl groups is 1. The van der Waals surface area contributed by atoms with Crippen LogP contribution in [0.1, 0.15) is 22.8 Å². The Bertz CT molecular complexity index is 611. The lowest BCUT2D eigenvalue weighted by molar-refractivity contribution is 0.214. The van der Waals surface area contributed by atoms with Crippen molar-refractivity contribution in [3.63, 3.8) is 0 Å². The average Bonchev–Trinajstić information content (AvgIpc) is 2.46. The Balaban J connectivity index is 2.49. The average molecular weight is 337 g/mol. The second-order valence-electron chi connectivity index (χ2n) is 4.52. The van der Waals surface area contributed by atoms with E-state index in [4.69, 9.17) is 9.47 Å². The van der Waals surface area contributed by atoms with Crippen LogP contribution in [0.15, 0.2) is 40.9 Å². The highest BCUT2D eigenvalue weighted by atomic mass is 79.9. The molecule has 0 fully saturated rings. The van der Waals surface area contributed by atoms with E-state index in [0.29, 0.717) is 21.5 Å². The molecule has 3 nitrogen and oxygen atoms in total. The summed E-state index contributed by atoms with van der Waals surface area (Å²) in [7, 11) is 3.17. The zero-order chi connectivity index (χ0) is 14.7. The Kier molecular flexibility index (Phi) is 4.68. The zero-order valence-electron chi connectivity index (χ0n) is 11.7. The van der Waals surface area contributed by atoms with Crippen molar-refractivity contribution in [2.45, 2.75) is 13.0 Å². The molecule has 2 aromatic rings. The van der Waals surface area contributed by atoms with Gasteiger partial charge in [0.2, 0.25) is 0 Å². The van der Waals surface area contributed by atoms with Crippen LogP contribution < -0.4 is 9.47 Å². The topological polar surface area (TPSA) is 38.7 Å². The Morgan fingerprint density at radius 3 is 2.45 bits per heavy atom. The number of benzene rings is 2. The van der Waals surface area contributed by atoms with E-state index in [-0.39, 0.29) is 0 Å². The molecule has 1 N–H and O–H groups in total. The largest absolute Gasteiger partial charge is 0.495 e. The van der Waals surface area contributed by atoms with Crippen LogP contribution in [0.25, 0.3) is 0 Å². The van der Waals surface area contributed by atoms with Crippen LogP contribution in [0.4, 0.5) is 0 Å². The van der Waals surface area contributed by atoms with Crippen molar-refractivity contribution in [1.29, 1.82) is 0 Å². The molecule has 2 rings (SSSR count). The fourth-order valence-electron chi connectivity index (χ4n) is 2.15. The van der Waals surface area contributed by atoms with Gasteiger partial charge in [-0.05, 0) is 40.5 Å². The van der Waals surface area contributed by atoms with Crippen molar-refractivity contribution in [2.24, 2.45) is 0 Å². The van der Waals surface area contributed by atoms with E-state index in [2.05, 4.69) is 15.9 Å². The fraction of sp³-hybridized carbons (Fsp3) is 0.250. The van der Waals surface area contributed by atoms with Crippen molar-refractivity contribution in [2.75, 3.05) is 14.2 Å². The van der Waals surface area contributed by atoms with E-state index < -0.39 is 6.10 Å². The minimum absolute atomic E-state index is 0.582. The number of hydrogen-bond acceptors (Lipinski definition) is 3. The van der Waals surface area contributed by atoms with E-state index >= 15 is 0 Å². The van der Waals surface area contributed by atoms with Gasteiger partial charge in [-0.3, -0.25) is 0 Å². The van der Waals surface area contributed by atoms with Gasteiger partial charge in [-0.2, -0.15) is 0 Å². The van der Waals surface area contributed by atoms with Gasteiger partial charge < -0.3 is 14.6 Å². The maximum atomic E-state index is 10.6. The standard InChI is InChI=1S/C16H17BrO3/c1-10-5-4-6-11(9-10)15(18)12-7-8-13(19-2)14(17)16(12)20-3/h4-9,15,18H,1-3H3. The summed E-state index contributed by atoms with van der Waals surface area (Å²) in [5.41, 5.74) is 2.64. The first-order valence-electron chi connectivity index (χ1n) is 6.23. The lowest BCUT2D eigenvalue weighted by Gasteiger charge is -2.18. The third-order valence-corrected chi connectivity index (χ3v) is 3.92. The molecule has 0 aliphatic rings. The van der Waals surface area contributed by atoms with Gasteiger partial charge in [0.15, 0.2) is 0 Å². The molecule has 0 bridgehead atoms. The van der Waals surface area contributed by atoms with Crippen LogP contribution in [0.3, 0.4) is 0 Å². The number of rotatable bonds is 4. The van der Waals surface area contributed by atoms with Crippen molar-refractivity contribution >= 4 is 15.9 Å². The van der Waals surface area contributed by atoms with Gasteiger partial charge in [0.05, 0.1) is 14.2 Å². The summed E-state index contributed by atoms with van der Waals surface area (Å²) in [6.07, 6.45) is -0.743. The molecule has 1 atom stereocenters. The second-order valence-corrected chi connectivity index (χ2v) is 5.31.